The van der Waals surface area contributed by atoms with E-state index in [9.17, 15) is 19.7 Å². The van der Waals surface area contributed by atoms with Gasteiger partial charge in [-0.25, -0.2) is 4.79 Å². The molecule has 148 valence electrons. The van der Waals surface area contributed by atoms with E-state index in [0.717, 1.165) is 18.1 Å². The molecule has 2 aromatic carbocycles. The van der Waals surface area contributed by atoms with Crippen molar-refractivity contribution >= 4 is 17.6 Å². The van der Waals surface area contributed by atoms with Gasteiger partial charge in [-0.05, 0) is 37.1 Å². The van der Waals surface area contributed by atoms with Gasteiger partial charge in [0.2, 0.25) is 0 Å². The first-order chi connectivity index (χ1) is 13.4. The molecule has 1 unspecified atom stereocenters. The summed E-state index contributed by atoms with van der Waals surface area (Å²) in [6.07, 6.45) is 0.897. The Balaban J connectivity index is 1.78. The van der Waals surface area contributed by atoms with E-state index in [1.807, 2.05) is 31.2 Å². The zero-order valence-electron chi connectivity index (χ0n) is 15.7. The Hall–Kier alpha value is -3.42. The lowest BCUT2D eigenvalue weighted by Gasteiger charge is -2.14. The topological polar surface area (TPSA) is 108 Å². The molecule has 0 fully saturated rings. The van der Waals surface area contributed by atoms with Crippen molar-refractivity contribution in [3.63, 3.8) is 0 Å². The highest BCUT2D eigenvalue weighted by Crippen LogP contribution is 2.14. The second-order valence-corrected chi connectivity index (χ2v) is 6.02. The summed E-state index contributed by atoms with van der Waals surface area (Å²) in [7, 11) is 0. The largest absolute Gasteiger partial charge is 0.490 e. The van der Waals surface area contributed by atoms with Gasteiger partial charge in [-0.1, -0.05) is 25.1 Å². The monoisotopic (exact) mass is 386 g/mol. The number of rotatable bonds is 9. The first-order valence-corrected chi connectivity index (χ1v) is 8.84. The quantitative estimate of drug-likeness (QED) is 0.307. The summed E-state index contributed by atoms with van der Waals surface area (Å²) in [4.78, 5) is 34.3. The number of esters is 1. The van der Waals surface area contributed by atoms with E-state index in [1.54, 1.807) is 0 Å². The molecule has 0 spiro atoms. The molecule has 8 nitrogen and oxygen atoms in total. The Labute approximate surface area is 162 Å². The van der Waals surface area contributed by atoms with Gasteiger partial charge in [0, 0.05) is 17.7 Å². The summed E-state index contributed by atoms with van der Waals surface area (Å²) in [5, 5.41) is 13.2. The lowest BCUT2D eigenvalue weighted by molar-refractivity contribution is -0.384. The Morgan fingerprint density at radius 1 is 1.14 bits per heavy atom. The zero-order valence-corrected chi connectivity index (χ0v) is 15.7. The van der Waals surface area contributed by atoms with Crippen LogP contribution in [0.25, 0.3) is 0 Å². The number of aryl methyl sites for hydroxylation is 1. The zero-order chi connectivity index (χ0) is 20.5. The highest BCUT2D eigenvalue weighted by molar-refractivity contribution is 5.97. The van der Waals surface area contributed by atoms with Gasteiger partial charge in [0.05, 0.1) is 4.92 Å². The number of hydrogen-bond acceptors (Lipinski definition) is 6. The molecule has 0 aliphatic carbocycles. The minimum atomic E-state index is -0.907. The highest BCUT2D eigenvalue weighted by Gasteiger charge is 2.19. The SMILES string of the molecule is CCc1cccc(OCCOC(=O)C(C)NC(=O)c2cccc([N+](=O)[O-])c2)c1. The number of non-ortho nitro benzene ring substituents is 1. The third-order valence-electron chi connectivity index (χ3n) is 3.92. The van der Waals surface area contributed by atoms with Crippen LogP contribution in [0.2, 0.25) is 0 Å². The van der Waals surface area contributed by atoms with E-state index in [2.05, 4.69) is 5.32 Å². The van der Waals surface area contributed by atoms with E-state index in [4.69, 9.17) is 9.47 Å². The molecule has 0 saturated heterocycles. The van der Waals surface area contributed by atoms with Gasteiger partial charge in [-0.2, -0.15) is 0 Å². The number of carbonyl (C=O) groups is 2. The van der Waals surface area contributed by atoms with E-state index in [-0.39, 0.29) is 24.5 Å². The minimum absolute atomic E-state index is 0.0339. The Kier molecular flexibility index (Phi) is 7.50. The summed E-state index contributed by atoms with van der Waals surface area (Å²) in [6, 6.07) is 12.0. The Morgan fingerprint density at radius 2 is 1.89 bits per heavy atom. The number of amides is 1. The molecular formula is C20H22N2O6. The van der Waals surface area contributed by atoms with Crippen molar-refractivity contribution < 1.29 is 24.0 Å². The average molecular weight is 386 g/mol. The van der Waals surface area contributed by atoms with Gasteiger partial charge in [0.1, 0.15) is 25.0 Å². The van der Waals surface area contributed by atoms with Crippen LogP contribution in [0.1, 0.15) is 29.8 Å². The van der Waals surface area contributed by atoms with Gasteiger partial charge in [-0.3, -0.25) is 14.9 Å². The van der Waals surface area contributed by atoms with Gasteiger partial charge >= 0.3 is 5.97 Å². The molecule has 2 rings (SSSR count). The normalized spacial score (nSPS) is 11.4. The van der Waals surface area contributed by atoms with Crippen molar-refractivity contribution in [2.45, 2.75) is 26.3 Å². The smallest absolute Gasteiger partial charge is 0.328 e. The molecule has 0 heterocycles. The summed E-state index contributed by atoms with van der Waals surface area (Å²) in [5.41, 5.74) is 1.03. The molecule has 1 atom stereocenters. The van der Waals surface area contributed by atoms with E-state index in [0.29, 0.717) is 5.75 Å². The third kappa shape index (κ3) is 6.08. The first kappa shape index (κ1) is 20.9. The van der Waals surface area contributed by atoms with Crippen LogP contribution in [0.15, 0.2) is 48.5 Å². The minimum Gasteiger partial charge on any atom is -0.490 e. The molecule has 1 N–H and O–H groups in total. The molecule has 2 aromatic rings. The number of ether oxygens (including phenoxy) is 2. The molecule has 8 heteroatoms. The molecule has 28 heavy (non-hydrogen) atoms. The average Bonchev–Trinajstić information content (AvgIpc) is 2.71. The van der Waals surface area contributed by atoms with Crippen LogP contribution in [0.5, 0.6) is 5.75 Å². The number of nitro groups is 1. The van der Waals surface area contributed by atoms with Gasteiger partial charge in [-0.15, -0.1) is 0 Å². The maximum Gasteiger partial charge on any atom is 0.328 e. The predicted octanol–water partition coefficient (Wildman–Crippen LogP) is 2.90. The van der Waals surface area contributed by atoms with Crippen molar-refractivity contribution in [1.29, 1.82) is 0 Å². The fourth-order valence-electron chi connectivity index (χ4n) is 2.38. The summed E-state index contributed by atoms with van der Waals surface area (Å²) in [5.74, 6) is -0.520. The summed E-state index contributed by atoms with van der Waals surface area (Å²) < 4.78 is 10.6. The fourth-order valence-corrected chi connectivity index (χ4v) is 2.38. The number of nitrogens with zero attached hydrogens (tertiary/aromatic N) is 1. The van der Waals surface area contributed by atoms with Crippen molar-refractivity contribution in [2.75, 3.05) is 13.2 Å². The van der Waals surface area contributed by atoms with Gasteiger partial charge in [0.15, 0.2) is 0 Å². The van der Waals surface area contributed by atoms with Crippen LogP contribution in [0.4, 0.5) is 5.69 Å². The molecular weight excluding hydrogens is 364 g/mol. The van der Waals surface area contributed by atoms with Crippen LogP contribution in [0, 0.1) is 10.1 Å². The van der Waals surface area contributed by atoms with Gasteiger partial charge in [0.25, 0.3) is 11.6 Å². The van der Waals surface area contributed by atoms with Crippen LogP contribution < -0.4 is 10.1 Å². The molecule has 0 aliphatic heterocycles. The Morgan fingerprint density at radius 3 is 2.61 bits per heavy atom. The maximum atomic E-state index is 12.1. The van der Waals surface area contributed by atoms with Crippen LogP contribution in [0.3, 0.4) is 0 Å². The van der Waals surface area contributed by atoms with E-state index < -0.39 is 22.8 Å². The van der Waals surface area contributed by atoms with Crippen molar-refractivity contribution in [3.05, 3.63) is 69.8 Å². The van der Waals surface area contributed by atoms with Gasteiger partial charge < -0.3 is 14.8 Å². The molecule has 1 amide bonds. The van der Waals surface area contributed by atoms with Crippen LogP contribution >= 0.6 is 0 Å². The molecule has 0 radical (unpaired) electrons. The molecule has 0 bridgehead atoms. The standard InChI is InChI=1S/C20H22N2O6/c1-3-15-6-4-9-18(12-15)27-10-11-28-20(24)14(2)21-19(23)16-7-5-8-17(13-16)22(25)26/h4-9,12-14H,3,10-11H2,1-2H3,(H,21,23). The molecule has 0 saturated carbocycles. The van der Waals surface area contributed by atoms with Crippen LogP contribution in [-0.2, 0) is 16.0 Å². The van der Waals surface area contributed by atoms with Crippen molar-refractivity contribution in [2.24, 2.45) is 0 Å². The van der Waals surface area contributed by atoms with E-state index >= 15 is 0 Å². The lowest BCUT2D eigenvalue weighted by atomic mass is 10.2. The maximum absolute atomic E-state index is 12.1. The number of carbonyl (C=O) groups excluding carboxylic acids is 2. The Bertz CT molecular complexity index is 852. The fraction of sp³-hybridized carbons (Fsp3) is 0.300. The predicted molar refractivity (Wildman–Crippen MR) is 102 cm³/mol. The third-order valence-corrected chi connectivity index (χ3v) is 3.92. The number of benzene rings is 2. The second kappa shape index (κ2) is 10.1. The first-order valence-electron chi connectivity index (χ1n) is 8.84. The number of hydrogen-bond donors (Lipinski definition) is 1. The highest BCUT2D eigenvalue weighted by atomic mass is 16.6. The van der Waals surface area contributed by atoms with Crippen molar-refractivity contribution in [3.8, 4) is 5.75 Å². The molecule has 0 aromatic heterocycles. The van der Waals surface area contributed by atoms with Crippen molar-refractivity contribution in [1.82, 2.24) is 5.32 Å². The molecule has 0 aliphatic rings. The number of nitrogens with one attached hydrogen (secondary N) is 1. The van der Waals surface area contributed by atoms with E-state index in [1.165, 1.54) is 25.1 Å². The summed E-state index contributed by atoms with van der Waals surface area (Å²) >= 11 is 0. The summed E-state index contributed by atoms with van der Waals surface area (Å²) in [6.45, 7) is 3.74. The van der Waals surface area contributed by atoms with Crippen LogP contribution in [-0.4, -0.2) is 36.1 Å². The second-order valence-electron chi connectivity index (χ2n) is 6.02. The lowest BCUT2D eigenvalue weighted by Crippen LogP contribution is -2.40. The number of nitro benzene ring substituents is 1.